The zero-order chi connectivity index (χ0) is 21.6. The first kappa shape index (κ1) is 23.9. The number of hydrogen-bond donors (Lipinski definition) is 5. The van der Waals surface area contributed by atoms with Gasteiger partial charge < -0.3 is 26.8 Å². The van der Waals surface area contributed by atoms with E-state index in [2.05, 4.69) is 16.0 Å². The van der Waals surface area contributed by atoms with E-state index in [9.17, 15) is 19.2 Å². The van der Waals surface area contributed by atoms with Gasteiger partial charge in [-0.05, 0) is 31.1 Å². The van der Waals surface area contributed by atoms with Gasteiger partial charge in [0.25, 0.3) is 0 Å². The molecule has 4 atom stereocenters. The number of rotatable bonds is 11. The van der Waals surface area contributed by atoms with Crippen molar-refractivity contribution in [3.8, 4) is 0 Å². The molecule has 0 spiro atoms. The van der Waals surface area contributed by atoms with Crippen LogP contribution in [0.1, 0.15) is 53.9 Å². The third-order valence-electron chi connectivity index (χ3n) is 4.90. The van der Waals surface area contributed by atoms with Gasteiger partial charge in [0.1, 0.15) is 18.1 Å². The third-order valence-corrected chi connectivity index (χ3v) is 4.90. The number of carboxylic acids is 1. The van der Waals surface area contributed by atoms with Gasteiger partial charge in [0.2, 0.25) is 17.7 Å². The van der Waals surface area contributed by atoms with E-state index in [-0.39, 0.29) is 11.8 Å². The number of amides is 3. The van der Waals surface area contributed by atoms with Crippen molar-refractivity contribution in [2.45, 2.75) is 78.0 Å². The van der Waals surface area contributed by atoms with Crippen molar-refractivity contribution in [1.82, 2.24) is 16.0 Å². The molecule has 0 aliphatic heterocycles. The van der Waals surface area contributed by atoms with Crippen LogP contribution in [0.2, 0.25) is 0 Å². The molecule has 0 saturated heterocycles. The van der Waals surface area contributed by atoms with Crippen LogP contribution in [-0.4, -0.2) is 53.0 Å². The van der Waals surface area contributed by atoms with Gasteiger partial charge in [0.05, 0.1) is 6.04 Å². The quantitative estimate of drug-likeness (QED) is 0.330. The Bertz CT molecular complexity index is 589. The molecule has 0 aromatic carbocycles. The second-order valence-corrected chi connectivity index (χ2v) is 8.31. The lowest BCUT2D eigenvalue weighted by Gasteiger charge is -2.27. The fraction of sp³-hybridized carbons (Fsp3) is 0.789. The summed E-state index contributed by atoms with van der Waals surface area (Å²) in [6, 6.07) is -3.49. The van der Waals surface area contributed by atoms with Gasteiger partial charge in [-0.2, -0.15) is 0 Å². The molecule has 0 aromatic rings. The fourth-order valence-electron chi connectivity index (χ4n) is 2.64. The van der Waals surface area contributed by atoms with Gasteiger partial charge in [0, 0.05) is 0 Å². The van der Waals surface area contributed by atoms with Crippen LogP contribution in [0.3, 0.4) is 0 Å². The summed E-state index contributed by atoms with van der Waals surface area (Å²) in [5.74, 6) is -2.57. The van der Waals surface area contributed by atoms with E-state index in [4.69, 9.17) is 10.8 Å². The fourth-order valence-corrected chi connectivity index (χ4v) is 2.64. The summed E-state index contributed by atoms with van der Waals surface area (Å²) in [5, 5.41) is 16.7. The second kappa shape index (κ2) is 10.4. The molecule has 6 N–H and O–H groups in total. The minimum absolute atomic E-state index is 0.0817. The van der Waals surface area contributed by atoms with Crippen molar-refractivity contribution in [3.05, 3.63) is 0 Å². The Morgan fingerprint density at radius 3 is 1.89 bits per heavy atom. The van der Waals surface area contributed by atoms with E-state index in [0.717, 1.165) is 12.8 Å². The zero-order valence-electron chi connectivity index (χ0n) is 17.3. The number of carbonyl (C=O) groups excluding carboxylic acids is 3. The predicted octanol–water partition coefficient (Wildman–Crippen LogP) is -0.0153. The Balaban J connectivity index is 2.82. The highest BCUT2D eigenvalue weighted by Gasteiger charge is 2.34. The summed E-state index contributed by atoms with van der Waals surface area (Å²) >= 11 is 0. The molecule has 0 heterocycles. The van der Waals surface area contributed by atoms with E-state index < -0.39 is 47.9 Å². The molecule has 160 valence electrons. The monoisotopic (exact) mass is 398 g/mol. The summed E-state index contributed by atoms with van der Waals surface area (Å²) in [4.78, 5) is 48.5. The van der Waals surface area contributed by atoms with Gasteiger partial charge >= 0.3 is 5.97 Å². The maximum Gasteiger partial charge on any atom is 0.325 e. The summed E-state index contributed by atoms with van der Waals surface area (Å²) in [6.07, 6.45) is 2.39. The number of aliphatic carboxylic acids is 1. The number of nitrogens with two attached hydrogens (primary N) is 1. The Kier molecular flexibility index (Phi) is 8.87. The lowest BCUT2D eigenvalue weighted by atomic mass is 9.99. The minimum atomic E-state index is -1.15. The number of nitrogens with one attached hydrogen (secondary N) is 3. The first-order valence-corrected chi connectivity index (χ1v) is 9.83. The van der Waals surface area contributed by atoms with Gasteiger partial charge in [-0.1, -0.05) is 40.5 Å². The SMILES string of the molecule is CC(C)[C@H](N)C(=O)N[C@H](C(=O)N[C@@H](CC1CC1)C(=O)N[C@@H](C)C(=O)O)C(C)C. The molecule has 0 aromatic heterocycles. The predicted molar refractivity (Wildman–Crippen MR) is 104 cm³/mol. The molecule has 9 nitrogen and oxygen atoms in total. The van der Waals surface area contributed by atoms with E-state index in [0.29, 0.717) is 12.3 Å². The van der Waals surface area contributed by atoms with Crippen molar-refractivity contribution in [3.63, 3.8) is 0 Å². The molecule has 1 aliphatic carbocycles. The average molecular weight is 399 g/mol. The van der Waals surface area contributed by atoms with E-state index in [1.807, 2.05) is 13.8 Å². The van der Waals surface area contributed by atoms with Crippen LogP contribution < -0.4 is 21.7 Å². The van der Waals surface area contributed by atoms with E-state index in [1.54, 1.807) is 13.8 Å². The Hall–Kier alpha value is -2.16. The number of hydrogen-bond acceptors (Lipinski definition) is 5. The van der Waals surface area contributed by atoms with Crippen LogP contribution in [0, 0.1) is 17.8 Å². The molecular weight excluding hydrogens is 364 g/mol. The van der Waals surface area contributed by atoms with Crippen molar-refractivity contribution in [2.24, 2.45) is 23.5 Å². The largest absolute Gasteiger partial charge is 0.480 e. The van der Waals surface area contributed by atoms with Crippen LogP contribution in [0.25, 0.3) is 0 Å². The first-order chi connectivity index (χ1) is 12.9. The molecular formula is C19H34N4O5. The number of carbonyl (C=O) groups is 4. The van der Waals surface area contributed by atoms with Crippen molar-refractivity contribution in [2.75, 3.05) is 0 Å². The van der Waals surface area contributed by atoms with Crippen molar-refractivity contribution in [1.29, 1.82) is 0 Å². The number of carboxylic acid groups (broad SMARTS) is 1. The van der Waals surface area contributed by atoms with Gasteiger partial charge in [-0.15, -0.1) is 0 Å². The maximum atomic E-state index is 12.8. The summed E-state index contributed by atoms with van der Waals surface area (Å²) in [5.41, 5.74) is 5.85. The van der Waals surface area contributed by atoms with E-state index in [1.165, 1.54) is 6.92 Å². The van der Waals surface area contributed by atoms with Crippen molar-refractivity contribution >= 4 is 23.7 Å². The Labute approximate surface area is 166 Å². The summed E-state index contributed by atoms with van der Waals surface area (Å²) in [7, 11) is 0. The lowest BCUT2D eigenvalue weighted by Crippen LogP contribution is -2.58. The van der Waals surface area contributed by atoms with Gasteiger partial charge in [-0.25, -0.2) is 0 Å². The molecule has 9 heteroatoms. The Morgan fingerprint density at radius 1 is 0.893 bits per heavy atom. The lowest BCUT2D eigenvalue weighted by molar-refractivity contribution is -0.142. The second-order valence-electron chi connectivity index (χ2n) is 8.31. The van der Waals surface area contributed by atoms with Crippen LogP contribution in [0.4, 0.5) is 0 Å². The van der Waals surface area contributed by atoms with Gasteiger partial charge in [0.15, 0.2) is 0 Å². The van der Waals surface area contributed by atoms with Crippen LogP contribution in [0.15, 0.2) is 0 Å². The highest BCUT2D eigenvalue weighted by Crippen LogP contribution is 2.33. The van der Waals surface area contributed by atoms with E-state index >= 15 is 0 Å². The molecule has 1 saturated carbocycles. The van der Waals surface area contributed by atoms with Crippen LogP contribution in [-0.2, 0) is 19.2 Å². The maximum absolute atomic E-state index is 12.8. The van der Waals surface area contributed by atoms with Gasteiger partial charge in [-0.3, -0.25) is 19.2 Å². The molecule has 1 fully saturated rings. The third kappa shape index (κ3) is 7.46. The summed E-state index contributed by atoms with van der Waals surface area (Å²) < 4.78 is 0. The molecule has 28 heavy (non-hydrogen) atoms. The highest BCUT2D eigenvalue weighted by molar-refractivity contribution is 5.94. The first-order valence-electron chi connectivity index (χ1n) is 9.83. The molecule has 1 aliphatic rings. The molecule has 0 unspecified atom stereocenters. The minimum Gasteiger partial charge on any atom is -0.480 e. The van der Waals surface area contributed by atoms with Crippen LogP contribution in [0.5, 0.6) is 0 Å². The van der Waals surface area contributed by atoms with Crippen LogP contribution >= 0.6 is 0 Å². The zero-order valence-corrected chi connectivity index (χ0v) is 17.3. The standard InChI is InChI=1S/C19H34N4O5/c1-9(2)14(20)17(25)23-15(10(3)4)18(26)22-13(8-12-6-7-12)16(24)21-11(5)19(27)28/h9-15H,6-8,20H2,1-5H3,(H,21,24)(H,22,26)(H,23,25)(H,27,28)/t11-,13-,14-,15-/m0/s1. The normalized spacial score (nSPS) is 18.1. The summed E-state index contributed by atoms with van der Waals surface area (Å²) in [6.45, 7) is 8.56. The Morgan fingerprint density at radius 2 is 1.46 bits per heavy atom. The average Bonchev–Trinajstić information content (AvgIpc) is 3.41. The highest BCUT2D eigenvalue weighted by atomic mass is 16.4. The molecule has 0 bridgehead atoms. The molecule has 1 rings (SSSR count). The molecule has 0 radical (unpaired) electrons. The topological polar surface area (TPSA) is 151 Å². The van der Waals surface area contributed by atoms with Crippen molar-refractivity contribution < 1.29 is 24.3 Å². The smallest absolute Gasteiger partial charge is 0.325 e. The molecule has 3 amide bonds.